The van der Waals surface area contributed by atoms with E-state index < -0.39 is 6.16 Å². The molecule has 0 spiro atoms. The number of aromatic nitrogens is 1. The lowest BCUT2D eigenvalue weighted by Crippen LogP contribution is -2.20. The Morgan fingerprint density at radius 1 is 1.33 bits per heavy atom. The molecule has 1 aromatic heterocycles. The molecule has 21 heavy (non-hydrogen) atoms. The molecule has 0 amide bonds. The molecule has 0 saturated heterocycles. The number of H-pyrrole nitrogens is 1. The second-order valence-corrected chi connectivity index (χ2v) is 5.16. The summed E-state index contributed by atoms with van der Waals surface area (Å²) in [6.07, 6.45) is 2.40. The maximum Gasteiger partial charge on any atom is 0.505 e. The van der Waals surface area contributed by atoms with Gasteiger partial charge in [0.05, 0.1) is 6.61 Å². The van der Waals surface area contributed by atoms with E-state index in [4.69, 9.17) is 5.11 Å². The van der Waals surface area contributed by atoms with E-state index in [9.17, 15) is 4.79 Å². The second-order valence-electron chi connectivity index (χ2n) is 5.16. The van der Waals surface area contributed by atoms with Crippen molar-refractivity contribution < 1.29 is 14.6 Å². The molecule has 0 radical (unpaired) electrons. The Hall–Kier alpha value is -2.01. The van der Waals surface area contributed by atoms with Crippen LogP contribution < -0.4 is 0 Å². The molecule has 2 N–H and O–H groups in total. The Kier molecular flexibility index (Phi) is 5.22. The zero-order valence-corrected chi connectivity index (χ0v) is 12.6. The Labute approximate surface area is 124 Å². The van der Waals surface area contributed by atoms with E-state index in [0.717, 1.165) is 30.6 Å². The van der Waals surface area contributed by atoms with Gasteiger partial charge in [0.25, 0.3) is 0 Å². The monoisotopic (exact) mass is 290 g/mol. The molecule has 5 heteroatoms. The topological polar surface area (TPSA) is 65.6 Å². The first-order chi connectivity index (χ1) is 10.1. The van der Waals surface area contributed by atoms with Crippen molar-refractivity contribution in [1.82, 2.24) is 9.88 Å². The average Bonchev–Trinajstić information content (AvgIpc) is 2.88. The van der Waals surface area contributed by atoms with Gasteiger partial charge in [0.1, 0.15) is 0 Å². The van der Waals surface area contributed by atoms with Gasteiger partial charge in [0.15, 0.2) is 0 Å². The summed E-state index contributed by atoms with van der Waals surface area (Å²) in [5, 5.41) is 9.76. The largest absolute Gasteiger partial charge is 0.505 e. The number of benzene rings is 1. The number of nitrogens with one attached hydrogen (secondary N) is 1. The molecule has 0 bridgehead atoms. The van der Waals surface area contributed by atoms with Gasteiger partial charge in [-0.3, -0.25) is 0 Å². The third-order valence-corrected chi connectivity index (χ3v) is 3.77. The van der Waals surface area contributed by atoms with Crippen molar-refractivity contribution in [2.45, 2.75) is 19.8 Å². The minimum absolute atomic E-state index is 0.188. The van der Waals surface area contributed by atoms with Crippen LogP contribution in [0.1, 0.15) is 18.1 Å². The minimum Gasteiger partial charge on any atom is -0.450 e. The zero-order chi connectivity index (χ0) is 15.2. The van der Waals surface area contributed by atoms with Crippen molar-refractivity contribution in [2.24, 2.45) is 0 Å². The van der Waals surface area contributed by atoms with E-state index in [1.165, 1.54) is 10.9 Å². The highest BCUT2D eigenvalue weighted by atomic mass is 16.7. The zero-order valence-electron chi connectivity index (χ0n) is 12.6. The molecule has 114 valence electrons. The maximum atomic E-state index is 10.4. The molecule has 0 aliphatic heterocycles. The van der Waals surface area contributed by atoms with Crippen LogP contribution in [0.5, 0.6) is 0 Å². The average molecular weight is 290 g/mol. The summed E-state index contributed by atoms with van der Waals surface area (Å²) >= 11 is 0. The Balaban J connectivity index is 2.16. The Bertz CT molecular complexity index is 607. The molecule has 0 unspecified atom stereocenters. The summed E-state index contributed by atoms with van der Waals surface area (Å²) in [5.41, 5.74) is 3.50. The van der Waals surface area contributed by atoms with E-state index in [2.05, 4.69) is 34.8 Å². The fourth-order valence-electron chi connectivity index (χ4n) is 2.46. The van der Waals surface area contributed by atoms with Crippen LogP contribution in [0.2, 0.25) is 0 Å². The predicted octanol–water partition coefficient (Wildman–Crippen LogP) is 2.90. The SMILES string of the molecule is CCN(C)CCc1c[nH]c2cccc(CCOC(=O)O)c12. The lowest BCUT2D eigenvalue weighted by Gasteiger charge is -2.13. The molecule has 2 rings (SSSR count). The number of ether oxygens (including phenoxy) is 1. The number of likely N-dealkylation sites (N-methyl/N-ethyl adjacent to an activating group) is 1. The van der Waals surface area contributed by atoms with Gasteiger partial charge in [-0.15, -0.1) is 0 Å². The van der Waals surface area contributed by atoms with Gasteiger partial charge in [-0.25, -0.2) is 4.79 Å². The smallest absolute Gasteiger partial charge is 0.450 e. The first-order valence-corrected chi connectivity index (χ1v) is 7.24. The van der Waals surface area contributed by atoms with E-state index in [0.29, 0.717) is 6.42 Å². The summed E-state index contributed by atoms with van der Waals surface area (Å²) in [7, 11) is 2.11. The molecule has 0 saturated carbocycles. The number of nitrogens with zero attached hydrogens (tertiary/aromatic N) is 1. The van der Waals surface area contributed by atoms with E-state index in [-0.39, 0.29) is 6.61 Å². The van der Waals surface area contributed by atoms with Gasteiger partial charge < -0.3 is 19.7 Å². The van der Waals surface area contributed by atoms with Gasteiger partial charge in [0.2, 0.25) is 0 Å². The first-order valence-electron chi connectivity index (χ1n) is 7.24. The molecule has 0 fully saturated rings. The molecule has 0 atom stereocenters. The first kappa shape index (κ1) is 15.4. The number of rotatable bonds is 7. The molecule has 2 aromatic rings. The fourth-order valence-corrected chi connectivity index (χ4v) is 2.46. The standard InChI is InChI=1S/C16H22N2O3/c1-3-18(2)9-7-13-11-17-14-6-4-5-12(15(13)14)8-10-21-16(19)20/h4-6,11,17H,3,7-10H2,1-2H3,(H,19,20). The number of carbonyl (C=O) groups is 1. The van der Waals surface area contributed by atoms with Gasteiger partial charge >= 0.3 is 6.16 Å². The lowest BCUT2D eigenvalue weighted by molar-refractivity contribution is 0.0928. The second kappa shape index (κ2) is 7.13. The normalized spacial score (nSPS) is 11.2. The van der Waals surface area contributed by atoms with Crippen LogP contribution in [0, 0.1) is 0 Å². The third-order valence-electron chi connectivity index (χ3n) is 3.77. The summed E-state index contributed by atoms with van der Waals surface area (Å²) in [6.45, 7) is 4.36. The van der Waals surface area contributed by atoms with Gasteiger partial charge in [-0.2, -0.15) is 0 Å². The van der Waals surface area contributed by atoms with Gasteiger partial charge in [-0.05, 0) is 37.2 Å². The molecular formula is C16H22N2O3. The summed E-state index contributed by atoms with van der Waals surface area (Å²) in [5.74, 6) is 0. The number of aromatic amines is 1. The van der Waals surface area contributed by atoms with Crippen molar-refractivity contribution in [3.05, 3.63) is 35.5 Å². The van der Waals surface area contributed by atoms with Crippen LogP contribution in [0.4, 0.5) is 4.79 Å². The van der Waals surface area contributed by atoms with Crippen molar-refractivity contribution >= 4 is 17.1 Å². The summed E-state index contributed by atoms with van der Waals surface area (Å²) in [6, 6.07) is 6.06. The van der Waals surface area contributed by atoms with Gasteiger partial charge in [0, 0.05) is 30.1 Å². The highest BCUT2D eigenvalue weighted by Gasteiger charge is 2.10. The summed E-state index contributed by atoms with van der Waals surface area (Å²) in [4.78, 5) is 16.0. The van der Waals surface area contributed by atoms with Crippen LogP contribution in [0.15, 0.2) is 24.4 Å². The van der Waals surface area contributed by atoms with Gasteiger partial charge in [-0.1, -0.05) is 19.1 Å². The third kappa shape index (κ3) is 3.98. The highest BCUT2D eigenvalue weighted by molar-refractivity contribution is 5.86. The summed E-state index contributed by atoms with van der Waals surface area (Å²) < 4.78 is 4.62. The van der Waals surface area contributed by atoms with Crippen LogP contribution in [0.3, 0.4) is 0 Å². The fraction of sp³-hybridized carbons (Fsp3) is 0.438. The van der Waals surface area contributed by atoms with Crippen molar-refractivity contribution in [1.29, 1.82) is 0 Å². The molecule has 1 aromatic carbocycles. The molecule has 1 heterocycles. The Morgan fingerprint density at radius 3 is 2.86 bits per heavy atom. The van der Waals surface area contributed by atoms with E-state index in [1.54, 1.807) is 0 Å². The number of carboxylic acid groups (broad SMARTS) is 1. The molecule has 5 nitrogen and oxygen atoms in total. The lowest BCUT2D eigenvalue weighted by atomic mass is 10.0. The molecular weight excluding hydrogens is 268 g/mol. The van der Waals surface area contributed by atoms with Crippen molar-refractivity contribution in [2.75, 3.05) is 26.7 Å². The quantitative estimate of drug-likeness (QED) is 0.770. The predicted molar refractivity (Wildman–Crippen MR) is 82.9 cm³/mol. The maximum absolute atomic E-state index is 10.4. The van der Waals surface area contributed by atoms with Crippen LogP contribution >= 0.6 is 0 Å². The van der Waals surface area contributed by atoms with E-state index in [1.807, 2.05) is 18.2 Å². The number of fused-ring (bicyclic) bond motifs is 1. The van der Waals surface area contributed by atoms with Crippen LogP contribution in [0.25, 0.3) is 10.9 Å². The van der Waals surface area contributed by atoms with Crippen LogP contribution in [-0.4, -0.2) is 47.9 Å². The van der Waals surface area contributed by atoms with Crippen molar-refractivity contribution in [3.8, 4) is 0 Å². The van der Waals surface area contributed by atoms with Crippen molar-refractivity contribution in [3.63, 3.8) is 0 Å². The number of hydrogen-bond donors (Lipinski definition) is 2. The van der Waals surface area contributed by atoms with E-state index >= 15 is 0 Å². The molecule has 0 aliphatic carbocycles. The number of hydrogen-bond acceptors (Lipinski definition) is 3. The highest BCUT2D eigenvalue weighted by Crippen LogP contribution is 2.23. The molecule has 0 aliphatic rings. The van der Waals surface area contributed by atoms with Crippen LogP contribution in [-0.2, 0) is 17.6 Å². The Morgan fingerprint density at radius 2 is 2.14 bits per heavy atom. The minimum atomic E-state index is -1.22.